The minimum absolute atomic E-state index is 0.129. The molecule has 5 aromatic rings. The summed E-state index contributed by atoms with van der Waals surface area (Å²) in [4.78, 5) is 23.2. The summed E-state index contributed by atoms with van der Waals surface area (Å²) in [6.45, 7) is 6.25. The number of aryl methyl sites for hydroxylation is 2. The number of pyridine rings is 2. The van der Waals surface area contributed by atoms with Crippen molar-refractivity contribution in [1.82, 2.24) is 19.1 Å². The molecule has 3 heterocycles. The van der Waals surface area contributed by atoms with E-state index >= 15 is 0 Å². The Morgan fingerprint density at radius 1 is 1.06 bits per heavy atom. The lowest BCUT2D eigenvalue weighted by Gasteiger charge is -2.15. The van der Waals surface area contributed by atoms with Crippen LogP contribution in [0.4, 0.5) is 0 Å². The number of methoxy groups -OCH3 is 1. The van der Waals surface area contributed by atoms with Gasteiger partial charge in [0.25, 0.3) is 5.56 Å². The van der Waals surface area contributed by atoms with Crippen molar-refractivity contribution in [3.05, 3.63) is 93.8 Å². The summed E-state index contributed by atoms with van der Waals surface area (Å²) >= 11 is 0. The van der Waals surface area contributed by atoms with Crippen LogP contribution in [-0.4, -0.2) is 26.2 Å². The van der Waals surface area contributed by atoms with Gasteiger partial charge in [-0.05, 0) is 54.3 Å². The molecule has 34 heavy (non-hydrogen) atoms. The van der Waals surface area contributed by atoms with Crippen molar-refractivity contribution in [2.45, 2.75) is 33.1 Å². The maximum Gasteiger partial charge on any atom is 0.283 e. The molecule has 0 radical (unpaired) electrons. The first-order valence-corrected chi connectivity index (χ1v) is 11.5. The highest BCUT2D eigenvalue weighted by atomic mass is 16.5. The summed E-state index contributed by atoms with van der Waals surface area (Å²) in [5.41, 5.74) is 5.94. The fraction of sp³-hybridized carbons (Fsp3) is 0.250. The van der Waals surface area contributed by atoms with Crippen LogP contribution < -0.4 is 10.3 Å². The number of ether oxygens (including phenoxy) is 1. The highest BCUT2D eigenvalue weighted by Crippen LogP contribution is 2.29. The van der Waals surface area contributed by atoms with Crippen LogP contribution in [0, 0.1) is 6.92 Å². The summed E-state index contributed by atoms with van der Waals surface area (Å²) in [7, 11) is 3.65. The van der Waals surface area contributed by atoms with Gasteiger partial charge in [0, 0.05) is 25.1 Å². The number of nitrogens with zero attached hydrogens (tertiary/aromatic N) is 4. The first-order chi connectivity index (χ1) is 16.4. The van der Waals surface area contributed by atoms with Crippen molar-refractivity contribution < 1.29 is 4.74 Å². The maximum absolute atomic E-state index is 13.9. The number of hydrogen-bond donors (Lipinski definition) is 0. The molecule has 0 spiro atoms. The van der Waals surface area contributed by atoms with E-state index in [9.17, 15) is 4.79 Å². The Morgan fingerprint density at radius 2 is 1.82 bits per heavy atom. The van der Waals surface area contributed by atoms with Gasteiger partial charge in [-0.1, -0.05) is 38.1 Å². The molecule has 0 atom stereocenters. The van der Waals surface area contributed by atoms with Crippen LogP contribution in [0.5, 0.6) is 5.75 Å². The summed E-state index contributed by atoms with van der Waals surface area (Å²) < 4.78 is 9.10. The number of rotatable bonds is 5. The van der Waals surface area contributed by atoms with Crippen LogP contribution >= 0.6 is 0 Å². The van der Waals surface area contributed by atoms with Crippen molar-refractivity contribution in [3.63, 3.8) is 0 Å². The van der Waals surface area contributed by atoms with Crippen LogP contribution in [0.3, 0.4) is 0 Å². The molecule has 0 unspecified atom stereocenters. The highest BCUT2D eigenvalue weighted by molar-refractivity contribution is 6.03. The molecule has 5 rings (SSSR count). The SMILES string of the molecule is COc1ccc(Cc2nc3c(=O)n(-c4cccnc4C)c4cc(C(C)C)ccc4c3n2C)cc1. The molecule has 3 aromatic heterocycles. The van der Waals surface area contributed by atoms with E-state index in [4.69, 9.17) is 9.72 Å². The summed E-state index contributed by atoms with van der Waals surface area (Å²) in [5, 5.41) is 0.998. The van der Waals surface area contributed by atoms with Gasteiger partial charge in [0.15, 0.2) is 5.52 Å². The Balaban J connectivity index is 1.80. The van der Waals surface area contributed by atoms with Gasteiger partial charge in [-0.25, -0.2) is 4.98 Å². The van der Waals surface area contributed by atoms with E-state index in [-0.39, 0.29) is 5.56 Å². The molecule has 0 fully saturated rings. The van der Waals surface area contributed by atoms with Gasteiger partial charge in [-0.2, -0.15) is 0 Å². The van der Waals surface area contributed by atoms with E-state index in [2.05, 4.69) is 41.6 Å². The van der Waals surface area contributed by atoms with E-state index in [0.29, 0.717) is 17.9 Å². The van der Waals surface area contributed by atoms with Crippen molar-refractivity contribution in [3.8, 4) is 11.4 Å². The van der Waals surface area contributed by atoms with Crippen LogP contribution in [-0.2, 0) is 13.5 Å². The molecule has 172 valence electrons. The third-order valence-corrected chi connectivity index (χ3v) is 6.52. The molecular formula is C28H28N4O2. The van der Waals surface area contributed by atoms with Gasteiger partial charge >= 0.3 is 0 Å². The Morgan fingerprint density at radius 3 is 2.50 bits per heavy atom. The van der Waals surface area contributed by atoms with Crippen molar-refractivity contribution in [2.24, 2.45) is 7.05 Å². The van der Waals surface area contributed by atoms with E-state index in [0.717, 1.165) is 44.9 Å². The van der Waals surface area contributed by atoms with Gasteiger partial charge in [-0.3, -0.25) is 14.3 Å². The molecule has 6 nitrogen and oxygen atoms in total. The monoisotopic (exact) mass is 452 g/mol. The molecule has 0 aliphatic heterocycles. The molecule has 0 aliphatic rings. The predicted molar refractivity (Wildman–Crippen MR) is 136 cm³/mol. The lowest BCUT2D eigenvalue weighted by Crippen LogP contribution is -2.21. The Kier molecular flexibility index (Phi) is 5.44. The van der Waals surface area contributed by atoms with Crippen LogP contribution in [0.2, 0.25) is 0 Å². The summed E-state index contributed by atoms with van der Waals surface area (Å²) in [6, 6.07) is 18.1. The highest BCUT2D eigenvalue weighted by Gasteiger charge is 2.20. The summed E-state index contributed by atoms with van der Waals surface area (Å²) in [5.74, 6) is 2.00. The first-order valence-electron chi connectivity index (χ1n) is 11.5. The fourth-order valence-electron chi connectivity index (χ4n) is 4.55. The minimum Gasteiger partial charge on any atom is -0.497 e. The second kappa shape index (κ2) is 8.45. The molecule has 0 saturated carbocycles. The molecule has 0 bridgehead atoms. The van der Waals surface area contributed by atoms with E-state index in [1.54, 1.807) is 17.9 Å². The maximum atomic E-state index is 13.9. The molecule has 6 heteroatoms. The third kappa shape index (κ3) is 3.55. The first kappa shape index (κ1) is 21.9. The average Bonchev–Trinajstić information content (AvgIpc) is 3.16. The second-order valence-corrected chi connectivity index (χ2v) is 8.99. The molecule has 0 saturated heterocycles. The van der Waals surface area contributed by atoms with Gasteiger partial charge in [0.05, 0.1) is 29.5 Å². The van der Waals surface area contributed by atoms with Crippen LogP contribution in [0.1, 0.15) is 42.4 Å². The van der Waals surface area contributed by atoms with Crippen LogP contribution in [0.15, 0.2) is 65.6 Å². The molecule has 2 aromatic carbocycles. The Hall–Kier alpha value is -3.93. The average molecular weight is 453 g/mol. The van der Waals surface area contributed by atoms with Crippen molar-refractivity contribution in [1.29, 1.82) is 0 Å². The predicted octanol–water partition coefficient (Wildman–Crippen LogP) is 5.30. The number of fused-ring (bicyclic) bond motifs is 3. The molecule has 0 amide bonds. The van der Waals surface area contributed by atoms with Gasteiger partial charge in [0.1, 0.15) is 11.6 Å². The standard InChI is InChI=1S/C28H28N4O2/c1-17(2)20-10-13-22-24(16-20)32(23-7-6-14-29-18(23)3)28(33)26-27(22)31(4)25(30-26)15-19-8-11-21(34-5)12-9-19/h6-14,16-17H,15H2,1-5H3. The molecular weight excluding hydrogens is 424 g/mol. The van der Waals surface area contributed by atoms with Crippen molar-refractivity contribution in [2.75, 3.05) is 7.11 Å². The Labute approximate surface area is 198 Å². The zero-order valence-corrected chi connectivity index (χ0v) is 20.2. The smallest absolute Gasteiger partial charge is 0.283 e. The molecule has 0 N–H and O–H groups in total. The Bertz CT molecular complexity index is 1580. The zero-order valence-electron chi connectivity index (χ0n) is 20.2. The number of imidazole rings is 1. The normalized spacial score (nSPS) is 11.6. The van der Waals surface area contributed by atoms with E-state index in [1.807, 2.05) is 50.4 Å². The lowest BCUT2D eigenvalue weighted by molar-refractivity contribution is 0.414. The number of benzene rings is 2. The number of aromatic nitrogens is 4. The fourth-order valence-corrected chi connectivity index (χ4v) is 4.55. The quantitative estimate of drug-likeness (QED) is 0.363. The minimum atomic E-state index is -0.129. The van der Waals surface area contributed by atoms with Gasteiger partial charge < -0.3 is 9.30 Å². The van der Waals surface area contributed by atoms with Gasteiger partial charge in [-0.15, -0.1) is 0 Å². The lowest BCUT2D eigenvalue weighted by atomic mass is 10.0. The van der Waals surface area contributed by atoms with Gasteiger partial charge in [0.2, 0.25) is 0 Å². The van der Waals surface area contributed by atoms with Crippen LogP contribution in [0.25, 0.3) is 27.6 Å². The van der Waals surface area contributed by atoms with Crippen molar-refractivity contribution >= 4 is 21.9 Å². The van der Waals surface area contributed by atoms with E-state index in [1.165, 1.54) is 5.56 Å². The third-order valence-electron chi connectivity index (χ3n) is 6.52. The number of hydrogen-bond acceptors (Lipinski definition) is 4. The zero-order chi connectivity index (χ0) is 24.0. The summed E-state index contributed by atoms with van der Waals surface area (Å²) in [6.07, 6.45) is 2.37. The topological polar surface area (TPSA) is 61.9 Å². The molecule has 0 aliphatic carbocycles. The largest absolute Gasteiger partial charge is 0.497 e. The van der Waals surface area contributed by atoms with E-state index < -0.39 is 0 Å². The second-order valence-electron chi connectivity index (χ2n) is 8.99.